The molecule has 0 fully saturated rings. The molecule has 0 radical (unpaired) electrons. The highest BCUT2D eigenvalue weighted by Gasteiger charge is 2.09. The number of aliphatic hydroxyl groups is 2. The highest BCUT2D eigenvalue weighted by atomic mass is 16.3. The molecule has 0 aliphatic heterocycles. The summed E-state index contributed by atoms with van der Waals surface area (Å²) in [7, 11) is 0. The minimum atomic E-state index is -0.643. The van der Waals surface area contributed by atoms with Crippen LogP contribution in [-0.2, 0) is 6.54 Å². The van der Waals surface area contributed by atoms with E-state index in [4.69, 9.17) is 5.11 Å². The quantitative estimate of drug-likeness (QED) is 0.748. The molecule has 1 atom stereocenters. The second-order valence-corrected chi connectivity index (χ2v) is 4.21. The van der Waals surface area contributed by atoms with Crippen molar-refractivity contribution >= 4 is 0 Å². The summed E-state index contributed by atoms with van der Waals surface area (Å²) >= 11 is 0. The first-order chi connectivity index (χ1) is 7.13. The minimum absolute atomic E-state index is 0.0139. The number of aliphatic hydroxyl groups excluding tert-OH is 2. The number of nitrogens with zero attached hydrogens (tertiary/aromatic N) is 2. The second-order valence-electron chi connectivity index (χ2n) is 4.21. The van der Waals surface area contributed by atoms with Crippen molar-refractivity contribution in [3.05, 3.63) is 18.0 Å². The molecule has 0 aliphatic rings. The van der Waals surface area contributed by atoms with Crippen molar-refractivity contribution < 1.29 is 10.2 Å². The Hall–Kier alpha value is -0.870. The monoisotopic (exact) mass is 212 g/mol. The molecule has 0 aliphatic carbocycles. The number of rotatable bonds is 6. The molecule has 0 saturated heterocycles. The van der Waals surface area contributed by atoms with Crippen LogP contribution in [0.15, 0.2) is 12.3 Å². The van der Waals surface area contributed by atoms with Gasteiger partial charge < -0.3 is 10.2 Å². The molecule has 15 heavy (non-hydrogen) atoms. The summed E-state index contributed by atoms with van der Waals surface area (Å²) in [6.07, 6.45) is 2.66. The Morgan fingerprint density at radius 2 is 2.13 bits per heavy atom. The Kier molecular flexibility index (Phi) is 4.78. The van der Waals surface area contributed by atoms with E-state index < -0.39 is 6.10 Å². The van der Waals surface area contributed by atoms with Crippen LogP contribution in [0.1, 0.15) is 38.5 Å². The molecule has 0 saturated carbocycles. The summed E-state index contributed by atoms with van der Waals surface area (Å²) in [5.41, 5.74) is 0.646. The van der Waals surface area contributed by atoms with Crippen LogP contribution in [0.2, 0.25) is 0 Å². The Morgan fingerprint density at radius 3 is 2.73 bits per heavy atom. The van der Waals surface area contributed by atoms with Crippen molar-refractivity contribution in [1.29, 1.82) is 0 Å². The van der Waals surface area contributed by atoms with Gasteiger partial charge in [-0.15, -0.1) is 0 Å². The predicted octanol–water partition coefficient (Wildman–Crippen LogP) is 1.34. The summed E-state index contributed by atoms with van der Waals surface area (Å²) in [5, 5.41) is 22.5. The zero-order valence-electron chi connectivity index (χ0n) is 9.43. The molecule has 0 spiro atoms. The maximum Gasteiger partial charge on any atom is 0.1000 e. The van der Waals surface area contributed by atoms with E-state index in [-0.39, 0.29) is 6.61 Å². The average Bonchev–Trinajstić information content (AvgIpc) is 2.63. The number of hydrogen-bond donors (Lipinski definition) is 2. The van der Waals surface area contributed by atoms with Gasteiger partial charge in [0.15, 0.2) is 0 Å². The Morgan fingerprint density at radius 1 is 1.40 bits per heavy atom. The highest BCUT2D eigenvalue weighted by Crippen LogP contribution is 2.13. The molecular weight excluding hydrogens is 192 g/mol. The van der Waals surface area contributed by atoms with Gasteiger partial charge in [0.25, 0.3) is 0 Å². The average molecular weight is 212 g/mol. The minimum Gasteiger partial charge on any atom is -0.396 e. The lowest BCUT2D eigenvalue weighted by atomic mass is 10.1. The van der Waals surface area contributed by atoms with Crippen LogP contribution in [0.3, 0.4) is 0 Å². The lowest BCUT2D eigenvalue weighted by Crippen LogP contribution is -2.05. The molecule has 4 nitrogen and oxygen atoms in total. The van der Waals surface area contributed by atoms with Crippen LogP contribution in [0.25, 0.3) is 0 Å². The predicted molar refractivity (Wildman–Crippen MR) is 58.3 cm³/mol. The van der Waals surface area contributed by atoms with E-state index >= 15 is 0 Å². The van der Waals surface area contributed by atoms with Gasteiger partial charge in [-0.1, -0.05) is 13.8 Å². The fraction of sp³-hybridized carbons (Fsp3) is 0.727. The van der Waals surface area contributed by atoms with E-state index in [1.54, 1.807) is 6.07 Å². The third-order valence-electron chi connectivity index (χ3n) is 2.34. The Bertz CT molecular complexity index is 284. The van der Waals surface area contributed by atoms with Crippen molar-refractivity contribution in [3.8, 4) is 0 Å². The van der Waals surface area contributed by atoms with Crippen molar-refractivity contribution in [2.75, 3.05) is 6.61 Å². The highest BCUT2D eigenvalue weighted by molar-refractivity contribution is 5.02. The third-order valence-corrected chi connectivity index (χ3v) is 2.34. The van der Waals surface area contributed by atoms with Crippen LogP contribution in [0, 0.1) is 5.92 Å². The molecule has 1 rings (SSSR count). The molecule has 2 N–H and O–H groups in total. The van der Waals surface area contributed by atoms with Crippen LogP contribution < -0.4 is 0 Å². The van der Waals surface area contributed by atoms with Crippen LogP contribution in [0.5, 0.6) is 0 Å². The zero-order chi connectivity index (χ0) is 11.3. The van der Waals surface area contributed by atoms with Gasteiger partial charge in [-0.2, -0.15) is 5.10 Å². The summed E-state index contributed by atoms with van der Waals surface area (Å²) in [5.74, 6) is 0.653. The van der Waals surface area contributed by atoms with Crippen LogP contribution in [0.4, 0.5) is 0 Å². The third kappa shape index (κ3) is 4.01. The molecule has 0 aromatic carbocycles. The fourth-order valence-electron chi connectivity index (χ4n) is 1.34. The topological polar surface area (TPSA) is 58.3 Å². The van der Waals surface area contributed by atoms with E-state index in [0.29, 0.717) is 18.0 Å². The van der Waals surface area contributed by atoms with E-state index in [1.807, 2.05) is 10.9 Å². The molecule has 0 amide bonds. The smallest absolute Gasteiger partial charge is 0.1000 e. The van der Waals surface area contributed by atoms with Gasteiger partial charge >= 0.3 is 0 Å². The van der Waals surface area contributed by atoms with Crippen molar-refractivity contribution in [3.63, 3.8) is 0 Å². The molecular formula is C11H20N2O2. The zero-order valence-corrected chi connectivity index (χ0v) is 9.43. The number of aromatic nitrogens is 2. The van der Waals surface area contributed by atoms with Crippen molar-refractivity contribution in [2.45, 2.75) is 39.3 Å². The van der Waals surface area contributed by atoms with Gasteiger partial charge in [0.1, 0.15) is 0 Å². The van der Waals surface area contributed by atoms with Crippen molar-refractivity contribution in [2.24, 2.45) is 5.92 Å². The normalized spacial score (nSPS) is 13.4. The van der Waals surface area contributed by atoms with Gasteiger partial charge in [0, 0.05) is 25.8 Å². The largest absolute Gasteiger partial charge is 0.396 e. The van der Waals surface area contributed by atoms with E-state index in [2.05, 4.69) is 18.9 Å². The first-order valence-electron chi connectivity index (χ1n) is 5.45. The molecule has 0 unspecified atom stereocenters. The van der Waals surface area contributed by atoms with Crippen molar-refractivity contribution in [1.82, 2.24) is 9.78 Å². The van der Waals surface area contributed by atoms with Crippen LogP contribution >= 0.6 is 0 Å². The van der Waals surface area contributed by atoms with Gasteiger partial charge in [-0.05, 0) is 18.4 Å². The van der Waals surface area contributed by atoms with Gasteiger partial charge in [0.05, 0.1) is 11.8 Å². The first-order valence-corrected chi connectivity index (χ1v) is 5.45. The molecule has 1 heterocycles. The summed E-state index contributed by atoms with van der Waals surface area (Å²) < 4.78 is 1.84. The number of aryl methyl sites for hydroxylation is 1. The summed E-state index contributed by atoms with van der Waals surface area (Å²) in [6, 6.07) is 1.81. The maximum atomic E-state index is 9.58. The maximum absolute atomic E-state index is 9.58. The van der Waals surface area contributed by atoms with E-state index in [1.165, 1.54) is 0 Å². The molecule has 1 aromatic rings. The number of hydrogen-bond acceptors (Lipinski definition) is 3. The fourth-order valence-corrected chi connectivity index (χ4v) is 1.34. The lowest BCUT2D eigenvalue weighted by molar-refractivity contribution is 0.130. The molecule has 1 aromatic heterocycles. The van der Waals surface area contributed by atoms with Gasteiger partial charge in [0.2, 0.25) is 0 Å². The Labute approximate surface area is 90.5 Å². The van der Waals surface area contributed by atoms with Gasteiger partial charge in [-0.3, -0.25) is 4.68 Å². The SMILES string of the molecule is CC(C)CCn1ccc([C@H](O)CCO)n1. The summed E-state index contributed by atoms with van der Waals surface area (Å²) in [4.78, 5) is 0. The molecule has 0 bridgehead atoms. The van der Waals surface area contributed by atoms with Gasteiger partial charge in [-0.25, -0.2) is 0 Å². The molecule has 86 valence electrons. The summed E-state index contributed by atoms with van der Waals surface area (Å²) in [6.45, 7) is 5.21. The first kappa shape index (κ1) is 12.2. The van der Waals surface area contributed by atoms with E-state index in [9.17, 15) is 5.11 Å². The lowest BCUT2D eigenvalue weighted by Gasteiger charge is -2.06. The Balaban J connectivity index is 2.48. The van der Waals surface area contributed by atoms with Crippen LogP contribution in [-0.4, -0.2) is 26.6 Å². The van der Waals surface area contributed by atoms with E-state index in [0.717, 1.165) is 13.0 Å². The molecule has 4 heteroatoms. The standard InChI is InChI=1S/C11H20N2O2/c1-9(2)3-6-13-7-4-10(12-13)11(15)5-8-14/h4,7,9,11,14-15H,3,5-6,8H2,1-2H3/t11-/m1/s1. The second kappa shape index (κ2) is 5.88.